The number of halogens is 6. The van der Waals surface area contributed by atoms with E-state index < -0.39 is 37.3 Å². The number of alkyl halides is 6. The number of unbranched alkanes of at least 4 members (excludes halogenated alkanes) is 1. The molecule has 2 heterocycles. The summed E-state index contributed by atoms with van der Waals surface area (Å²) in [6, 6.07) is 0. The number of cyclic esters (lactones) is 1. The molecule has 40 nitrogen and oxygen atoms in total. The number of carboxylic acid groups (broad SMARTS) is 1. The van der Waals surface area contributed by atoms with Gasteiger partial charge in [-0.05, 0) is 140 Å². The van der Waals surface area contributed by atoms with E-state index in [1.165, 1.54) is 78.7 Å². The Labute approximate surface area is 896 Å². The Hall–Kier alpha value is -4.44. The van der Waals surface area contributed by atoms with Crippen LogP contribution in [0.2, 0.25) is 0 Å². The Kier molecular flexibility index (Phi) is 199. The van der Waals surface area contributed by atoms with Gasteiger partial charge in [0.15, 0.2) is 0 Å². The summed E-state index contributed by atoms with van der Waals surface area (Å²) in [5.74, 6) is 6.58. The van der Waals surface area contributed by atoms with Crippen LogP contribution in [-0.2, 0) is 147 Å². The van der Waals surface area contributed by atoms with Crippen molar-refractivity contribution in [1.82, 2.24) is 20.4 Å². The number of amides is 4. The van der Waals surface area contributed by atoms with Crippen LogP contribution in [0.15, 0.2) is 5.16 Å². The third-order valence-electron chi connectivity index (χ3n) is 15.8. The third-order valence-corrected chi connectivity index (χ3v) is 18.3. The third kappa shape index (κ3) is 230. The zero-order chi connectivity index (χ0) is 115. The van der Waals surface area contributed by atoms with Crippen LogP contribution >= 0.6 is 35.3 Å². The molecule has 49 heteroatoms. The number of carbonyl (C=O) groups excluding carboxylic acids is 5. The first-order valence-electron chi connectivity index (χ1n) is 48.8. The van der Waals surface area contributed by atoms with Gasteiger partial charge in [0, 0.05) is 339 Å². The second kappa shape index (κ2) is 167. The van der Waals surface area contributed by atoms with Crippen LogP contribution in [0.4, 0.5) is 40.7 Å². The number of ketones is 1. The average Bonchev–Trinajstić information content (AvgIpc) is 1.79. The van der Waals surface area contributed by atoms with E-state index in [1.54, 1.807) is 172 Å². The number of nitrogens with zero attached hydrogens (tertiary/aromatic N) is 3. The Balaban J connectivity index is -0.0000000970. The smallest absolute Gasteiger partial charge is 0.481 e. The Morgan fingerprint density at radius 3 is 1.25 bits per heavy atom. The largest absolute Gasteiger partial charge is 0.522 e. The van der Waals surface area contributed by atoms with E-state index in [0.29, 0.717) is 98.0 Å². The molecule has 0 aromatic heterocycles. The minimum Gasteiger partial charge on any atom is -0.481 e. The topological polar surface area (TPSA) is 424 Å². The molecule has 3 rings (SSSR count). The molecule has 0 bridgehead atoms. The number of alkyl carbamates (subject to hydrolysis) is 2. The molecule has 2 aliphatic heterocycles. The van der Waals surface area contributed by atoms with Crippen molar-refractivity contribution in [2.24, 2.45) is 22.9 Å². The van der Waals surface area contributed by atoms with Crippen molar-refractivity contribution in [2.75, 3.05) is 424 Å². The van der Waals surface area contributed by atoms with Gasteiger partial charge in [0.1, 0.15) is 26.1 Å². The normalized spacial score (nSPS) is 11.6. The number of oxime groups is 1. The molecule has 1 aliphatic carbocycles. The Bertz CT molecular complexity index is 2300. The van der Waals surface area contributed by atoms with Crippen molar-refractivity contribution < 1.29 is 193 Å². The molecule has 898 valence electrons. The fourth-order valence-electron chi connectivity index (χ4n) is 8.46. The van der Waals surface area contributed by atoms with Gasteiger partial charge in [-0.2, -0.15) is 48.5 Å². The fraction of sp³-hybridized carbons (Fsp3) is 0.929. The highest BCUT2D eigenvalue weighted by Gasteiger charge is 2.29. The molecule has 1 saturated carbocycles. The van der Waals surface area contributed by atoms with Gasteiger partial charge in [-0.1, -0.05) is 25.9 Å². The second-order valence-electron chi connectivity index (χ2n) is 29.6. The molecule has 3 aliphatic rings. The van der Waals surface area contributed by atoms with Crippen molar-refractivity contribution in [3.63, 3.8) is 0 Å². The maximum atomic E-state index is 11.4. The van der Waals surface area contributed by atoms with Crippen LogP contribution < -0.4 is 10.6 Å². The van der Waals surface area contributed by atoms with Crippen molar-refractivity contribution in [1.29, 1.82) is 0 Å². The van der Waals surface area contributed by atoms with Gasteiger partial charge in [0.25, 0.3) is 0 Å². The number of thioether (sulfide) groups is 3. The lowest BCUT2D eigenvalue weighted by Crippen LogP contribution is -2.30. The molecule has 4 amide bonds. The monoisotopic (exact) mass is 2230 g/mol. The van der Waals surface area contributed by atoms with Crippen molar-refractivity contribution in [3.05, 3.63) is 0 Å². The predicted molar refractivity (Wildman–Crippen MR) is 575 cm³/mol. The van der Waals surface area contributed by atoms with Crippen LogP contribution in [-0.4, -0.2) is 493 Å². The molecule has 0 aromatic rings. The van der Waals surface area contributed by atoms with Gasteiger partial charge in [0.05, 0.1) is 78.9 Å². The molecule has 147 heavy (non-hydrogen) atoms. The molecule has 3 fully saturated rings. The van der Waals surface area contributed by atoms with Gasteiger partial charge in [0.2, 0.25) is 5.91 Å². The zero-order valence-corrected chi connectivity index (χ0v) is 99.1. The molecular formula is C98H211F6N5O35S3. The number of methoxy groups -OCH3 is 22. The molecular weight excluding hydrogens is 2020 g/mol. The van der Waals surface area contributed by atoms with Gasteiger partial charge >= 0.3 is 36.8 Å². The van der Waals surface area contributed by atoms with E-state index in [9.17, 15) is 55.1 Å². The summed E-state index contributed by atoms with van der Waals surface area (Å²) < 4.78 is 194. The first-order chi connectivity index (χ1) is 70.4. The Morgan fingerprint density at radius 2 is 0.898 bits per heavy atom. The summed E-state index contributed by atoms with van der Waals surface area (Å²) in [6.45, 7) is 31.4. The van der Waals surface area contributed by atoms with Crippen molar-refractivity contribution in [3.8, 4) is 0 Å². The average molecular weight is 2230 g/mol. The summed E-state index contributed by atoms with van der Waals surface area (Å²) >= 11 is 5.13. The maximum Gasteiger partial charge on any atom is 0.522 e. The summed E-state index contributed by atoms with van der Waals surface area (Å²) in [4.78, 5) is 71.2. The first-order valence-corrected chi connectivity index (χ1v) is 52.5. The number of hydrogen-bond acceptors (Lipinski definition) is 38. The van der Waals surface area contributed by atoms with E-state index in [1.807, 2.05) is 30.5 Å². The van der Waals surface area contributed by atoms with E-state index in [2.05, 4.69) is 90.3 Å². The highest BCUT2D eigenvalue weighted by Crippen LogP contribution is 2.28. The van der Waals surface area contributed by atoms with Crippen molar-refractivity contribution in [2.45, 2.75) is 163 Å². The minimum atomic E-state index is -4.51. The van der Waals surface area contributed by atoms with Gasteiger partial charge < -0.3 is 158 Å². The minimum absolute atomic E-state index is 0.0178. The van der Waals surface area contributed by atoms with Crippen LogP contribution in [0.25, 0.3) is 0 Å². The maximum absolute atomic E-state index is 11.4. The highest BCUT2D eigenvalue weighted by molar-refractivity contribution is 8.00. The lowest BCUT2D eigenvalue weighted by atomic mass is 10.0. The highest BCUT2D eigenvalue weighted by atomic mass is 32.2. The van der Waals surface area contributed by atoms with E-state index in [0.717, 1.165) is 192 Å². The van der Waals surface area contributed by atoms with E-state index in [-0.39, 0.29) is 56.4 Å². The lowest BCUT2D eigenvalue weighted by molar-refractivity contribution is -0.325. The fourth-order valence-corrected chi connectivity index (χ4v) is 10.0. The van der Waals surface area contributed by atoms with Gasteiger partial charge in [-0.3, -0.25) is 14.3 Å². The molecule has 0 spiro atoms. The van der Waals surface area contributed by atoms with Crippen LogP contribution in [0, 0.1) is 17.8 Å². The van der Waals surface area contributed by atoms with Crippen LogP contribution in [0.5, 0.6) is 0 Å². The number of Topliss-reactive ketones (excluding diaryl/α,β-unsaturated/α-hetero) is 1. The SMILES string of the molecule is CCN(CC)C(=O)CCCOC.CCSCCOC.CNC(=O)OCCCOC.COC.COCC(C)C.COCC/C=N/OC.COCC1CC1.COCC1CCOCC1.COCCCC(C)=O.COCCCCOC.COCCCN1CCOC1=O.COCCCNC(=O)OC.COCCCOC.COCCCOC(F)(F)F.COCCCSCC(=O)O.COCCOC.COCCOCC(F)(F)F.COCCSC. The summed E-state index contributed by atoms with van der Waals surface area (Å²) in [5.41, 5.74) is 0. The first kappa shape index (κ1) is 176. The molecule has 0 aromatic carbocycles. The number of aliphatic carboxylic acids is 1. The van der Waals surface area contributed by atoms with Gasteiger partial charge in [-0.15, -0.1) is 13.2 Å². The predicted octanol–water partition coefficient (Wildman–Crippen LogP) is 15.8. The molecule has 0 unspecified atom stereocenters. The molecule has 0 radical (unpaired) electrons. The number of hydrogen-bond donors (Lipinski definition) is 3. The summed E-state index contributed by atoms with van der Waals surface area (Å²) in [5, 5.41) is 16.6. The number of rotatable bonds is 65. The van der Waals surface area contributed by atoms with Crippen LogP contribution in [0.3, 0.4) is 0 Å². The number of carbonyl (C=O) groups is 6. The lowest BCUT2D eigenvalue weighted by Gasteiger charge is -2.20. The summed E-state index contributed by atoms with van der Waals surface area (Å²) in [7, 11) is 40.7. The number of carboxylic acids is 1. The van der Waals surface area contributed by atoms with Gasteiger partial charge in [-0.25, -0.2) is 14.4 Å². The van der Waals surface area contributed by atoms with Crippen molar-refractivity contribution >= 4 is 77.4 Å². The Morgan fingerprint density at radius 1 is 0.483 bits per heavy atom. The molecule has 3 N–H and O–H groups in total. The molecule has 0 atom stereocenters. The quantitative estimate of drug-likeness (QED) is 0.0167. The zero-order valence-electron chi connectivity index (χ0n) is 96.7. The number of nitrogens with one attached hydrogen (secondary N) is 2. The molecule has 2 saturated heterocycles. The standard InChI is InChI=1S/C9H19NO2.C7H13NO3.C7H14O2.2C6H13NO3.C6H12O3S.C6H14O2.C6H12O2.2C5H9F3O2.C5H11NO2.C5H12O2.C5H12OS.C5H10O.C5H12O.C4H10O2.C4H10OS.C2H6O/c1-4-10(5-2)9(11)7-6-8-12-3;1-10-5-2-3-8-4-6-11-7(8)9;1-8-6-7-2-4-9-5-3-7;1-9-5-3-4-7-6(8)10-2;1-7-6(8)10-5-3-4-9-2;1-9-3-2-4-10-5-6(7)8;1-7-5-3-4-6-8-2;1-6(7)4-3-5-8-2;1-9-2-3-10-4-5(6,7)8;1-9-3-2-4-10-5(6,7)8;1-7-5-3-4-6-8-2;1-6-4-3-5-7-2;1-3-7-5-4-6-2;1-6-4-5-2-3-5;1-5(2)4-6-3;2*1-5-3-4-6-2;1-3-2/h4-8H2,1-3H3;2-6H2,1H3;7H,2-6H2,1H3;2*3-5H2,1-2H3,(H,7,8);2-5H2,1H3,(H,7,8);3-6H2,1-2H3;3-5H2,1-2H3;2*2-4H2,1H3;4H,3,5H2,1-2H3;2*3-5H2,1-2H3;5H,2-4H2,1H3;5H,4H2,1-3H3;2*3-4H2,1-2H3;1-2H3/b;;;;;;;;;;6-4+;;;;;;;. The number of ether oxygens (including phenoxy) is 27. The summed E-state index contributed by atoms with van der Waals surface area (Å²) in [6.07, 6.45) is 9.72. The van der Waals surface area contributed by atoms with Crippen LogP contribution in [0.1, 0.15) is 151 Å². The van der Waals surface area contributed by atoms with E-state index >= 15 is 0 Å². The van der Waals surface area contributed by atoms with E-state index in [4.69, 9.17) is 90.4 Å². The second-order valence-corrected chi connectivity index (χ2v) is 33.1.